The highest BCUT2D eigenvalue weighted by atomic mass is 16.2. The van der Waals surface area contributed by atoms with E-state index in [1.165, 1.54) is 17.7 Å². The van der Waals surface area contributed by atoms with E-state index in [0.717, 1.165) is 10.5 Å². The standard InChI is InChI=1S/C24H31N7O2/c1-23(2,3)18-8-4-16(5-9-18)14-28-22(33)31(15-20-12-13-29-30-20)21(32)17-6-10-19(11-7-17)24(25,26)27/h4-13H,14-15,25-27H2,1-3H3,(H,28,33)(H,29,30). The van der Waals surface area contributed by atoms with Crippen LogP contribution in [-0.4, -0.2) is 27.0 Å². The van der Waals surface area contributed by atoms with Crippen molar-refractivity contribution in [2.24, 2.45) is 17.2 Å². The van der Waals surface area contributed by atoms with Crippen molar-refractivity contribution in [3.05, 3.63) is 88.7 Å². The average molecular weight is 450 g/mol. The highest BCUT2D eigenvalue weighted by Gasteiger charge is 2.25. The van der Waals surface area contributed by atoms with Gasteiger partial charge in [0, 0.05) is 23.9 Å². The molecule has 33 heavy (non-hydrogen) atoms. The third-order valence-corrected chi connectivity index (χ3v) is 5.27. The first kappa shape index (κ1) is 24.1. The molecule has 1 aromatic heterocycles. The summed E-state index contributed by atoms with van der Waals surface area (Å²) in [6, 6.07) is 15.4. The summed E-state index contributed by atoms with van der Waals surface area (Å²) in [6.45, 7) is 6.74. The quantitative estimate of drug-likeness (QED) is 0.363. The first-order valence-corrected chi connectivity index (χ1v) is 10.6. The molecule has 3 amide bonds. The molecule has 0 aliphatic carbocycles. The lowest BCUT2D eigenvalue weighted by Crippen LogP contribution is -2.54. The van der Waals surface area contributed by atoms with E-state index < -0.39 is 17.7 Å². The first-order chi connectivity index (χ1) is 15.4. The van der Waals surface area contributed by atoms with Gasteiger partial charge in [-0.05, 0) is 34.7 Å². The summed E-state index contributed by atoms with van der Waals surface area (Å²) in [7, 11) is 0. The second-order valence-corrected chi connectivity index (χ2v) is 9.09. The maximum atomic E-state index is 13.2. The highest BCUT2D eigenvalue weighted by Crippen LogP contribution is 2.22. The van der Waals surface area contributed by atoms with Gasteiger partial charge in [-0.3, -0.25) is 32.0 Å². The molecule has 9 heteroatoms. The van der Waals surface area contributed by atoms with Crippen LogP contribution in [0.3, 0.4) is 0 Å². The summed E-state index contributed by atoms with van der Waals surface area (Å²) < 4.78 is 0. The molecule has 0 saturated carbocycles. The molecule has 2 aromatic carbocycles. The number of imide groups is 1. The monoisotopic (exact) mass is 449 g/mol. The van der Waals surface area contributed by atoms with E-state index in [4.69, 9.17) is 17.2 Å². The van der Waals surface area contributed by atoms with E-state index in [9.17, 15) is 9.59 Å². The molecule has 0 bridgehead atoms. The molecule has 9 nitrogen and oxygen atoms in total. The Morgan fingerprint density at radius 1 is 0.939 bits per heavy atom. The molecule has 3 rings (SSSR count). The van der Waals surface area contributed by atoms with Gasteiger partial charge in [-0.1, -0.05) is 57.2 Å². The van der Waals surface area contributed by atoms with Crippen LogP contribution >= 0.6 is 0 Å². The van der Waals surface area contributed by atoms with Crippen molar-refractivity contribution >= 4 is 11.9 Å². The SMILES string of the molecule is CC(C)(C)c1ccc(CNC(=O)N(Cc2ccn[nH]2)C(=O)c2ccc(C(N)(N)N)cc2)cc1. The Bertz CT molecular complexity index is 1080. The number of hydrogen-bond donors (Lipinski definition) is 5. The van der Waals surface area contributed by atoms with Crippen LogP contribution in [0.2, 0.25) is 0 Å². The van der Waals surface area contributed by atoms with Crippen LogP contribution < -0.4 is 22.5 Å². The summed E-state index contributed by atoms with van der Waals surface area (Å²) in [6.07, 6.45) is 1.56. The number of carbonyl (C=O) groups is 2. The third-order valence-electron chi connectivity index (χ3n) is 5.27. The molecule has 0 aliphatic rings. The summed E-state index contributed by atoms with van der Waals surface area (Å²) in [4.78, 5) is 27.3. The van der Waals surface area contributed by atoms with Crippen LogP contribution in [0.1, 0.15) is 53.5 Å². The Morgan fingerprint density at radius 3 is 2.06 bits per heavy atom. The molecule has 0 spiro atoms. The van der Waals surface area contributed by atoms with Crippen molar-refractivity contribution in [2.75, 3.05) is 0 Å². The number of aromatic nitrogens is 2. The van der Waals surface area contributed by atoms with Gasteiger partial charge in [-0.15, -0.1) is 0 Å². The van der Waals surface area contributed by atoms with Crippen LogP contribution in [0.4, 0.5) is 4.79 Å². The lowest BCUT2D eigenvalue weighted by molar-refractivity contribution is 0.0788. The number of rotatable bonds is 6. The first-order valence-electron chi connectivity index (χ1n) is 10.6. The van der Waals surface area contributed by atoms with Crippen molar-refractivity contribution in [3.8, 4) is 0 Å². The zero-order chi connectivity index (χ0) is 24.2. The van der Waals surface area contributed by atoms with Crippen molar-refractivity contribution < 1.29 is 9.59 Å². The Balaban J connectivity index is 1.75. The molecule has 0 unspecified atom stereocenters. The molecule has 8 N–H and O–H groups in total. The molecule has 0 radical (unpaired) electrons. The summed E-state index contributed by atoms with van der Waals surface area (Å²) in [5.74, 6) is -2.00. The van der Waals surface area contributed by atoms with Crippen LogP contribution in [0.5, 0.6) is 0 Å². The minimum Gasteiger partial charge on any atom is -0.334 e. The number of nitrogens with one attached hydrogen (secondary N) is 2. The molecule has 0 fully saturated rings. The fourth-order valence-electron chi connectivity index (χ4n) is 3.23. The predicted molar refractivity (Wildman–Crippen MR) is 127 cm³/mol. The molecule has 0 aliphatic heterocycles. The molecule has 1 heterocycles. The number of amides is 3. The maximum absolute atomic E-state index is 13.2. The second-order valence-electron chi connectivity index (χ2n) is 9.09. The van der Waals surface area contributed by atoms with Gasteiger partial charge in [-0.25, -0.2) is 4.79 Å². The number of urea groups is 1. The Labute approximate surface area is 193 Å². The van der Waals surface area contributed by atoms with Gasteiger partial charge in [0.2, 0.25) is 0 Å². The average Bonchev–Trinajstić information content (AvgIpc) is 3.28. The lowest BCUT2D eigenvalue weighted by atomic mass is 9.87. The zero-order valence-electron chi connectivity index (χ0n) is 19.1. The smallest absolute Gasteiger partial charge is 0.325 e. The molecule has 3 aromatic rings. The van der Waals surface area contributed by atoms with Crippen LogP contribution in [0.25, 0.3) is 0 Å². The number of nitrogens with two attached hydrogens (primary N) is 3. The van der Waals surface area contributed by atoms with Gasteiger partial charge in [0.25, 0.3) is 5.91 Å². The maximum Gasteiger partial charge on any atom is 0.325 e. The van der Waals surface area contributed by atoms with Crippen molar-refractivity contribution in [3.63, 3.8) is 0 Å². The number of nitrogens with zero attached hydrogens (tertiary/aromatic N) is 2. The minimum atomic E-state index is -1.52. The van der Waals surface area contributed by atoms with Crippen molar-refractivity contribution in [2.45, 2.75) is 45.1 Å². The van der Waals surface area contributed by atoms with Crippen molar-refractivity contribution in [1.82, 2.24) is 20.4 Å². The Morgan fingerprint density at radius 2 is 1.55 bits per heavy atom. The van der Waals surface area contributed by atoms with E-state index in [2.05, 4.69) is 36.3 Å². The zero-order valence-corrected chi connectivity index (χ0v) is 19.1. The molecular weight excluding hydrogens is 418 g/mol. The van der Waals surface area contributed by atoms with Crippen molar-refractivity contribution in [1.29, 1.82) is 0 Å². The van der Waals surface area contributed by atoms with Gasteiger partial charge in [0.15, 0.2) is 0 Å². The minimum absolute atomic E-state index is 0.0317. The van der Waals surface area contributed by atoms with Crippen LogP contribution in [0.15, 0.2) is 60.8 Å². The fourth-order valence-corrected chi connectivity index (χ4v) is 3.23. The lowest BCUT2D eigenvalue weighted by Gasteiger charge is -2.22. The number of hydrogen-bond acceptors (Lipinski definition) is 6. The van der Waals surface area contributed by atoms with Gasteiger partial charge < -0.3 is 5.32 Å². The molecule has 174 valence electrons. The Hall–Kier alpha value is -3.53. The van der Waals surface area contributed by atoms with Crippen LogP contribution in [-0.2, 0) is 24.3 Å². The van der Waals surface area contributed by atoms with Gasteiger partial charge in [0.05, 0.1) is 12.2 Å². The van der Waals surface area contributed by atoms with Gasteiger partial charge in [-0.2, -0.15) is 5.10 Å². The largest absolute Gasteiger partial charge is 0.334 e. The highest BCUT2D eigenvalue weighted by molar-refractivity contribution is 6.04. The molecule has 0 atom stereocenters. The summed E-state index contributed by atoms with van der Waals surface area (Å²) >= 11 is 0. The second kappa shape index (κ2) is 9.53. The Kier molecular flexibility index (Phi) is 6.97. The van der Waals surface area contributed by atoms with E-state index in [-0.39, 0.29) is 18.5 Å². The number of benzene rings is 2. The van der Waals surface area contributed by atoms with Gasteiger partial charge >= 0.3 is 6.03 Å². The van der Waals surface area contributed by atoms with E-state index >= 15 is 0 Å². The van der Waals surface area contributed by atoms with E-state index in [0.29, 0.717) is 16.8 Å². The predicted octanol–water partition coefficient (Wildman–Crippen LogP) is 2.25. The number of H-pyrrole nitrogens is 1. The van der Waals surface area contributed by atoms with E-state index in [1.807, 2.05) is 24.3 Å². The number of aromatic amines is 1. The number of carbonyl (C=O) groups excluding carboxylic acids is 2. The summed E-state index contributed by atoms with van der Waals surface area (Å²) in [5.41, 5.74) is 20.6. The fraction of sp³-hybridized carbons (Fsp3) is 0.292. The van der Waals surface area contributed by atoms with Crippen LogP contribution in [0, 0.1) is 0 Å². The topological polar surface area (TPSA) is 156 Å². The summed E-state index contributed by atoms with van der Waals surface area (Å²) in [5, 5.41) is 9.50. The molecular formula is C24H31N7O2. The van der Waals surface area contributed by atoms with E-state index in [1.54, 1.807) is 24.4 Å². The van der Waals surface area contributed by atoms with Gasteiger partial charge in [0.1, 0.15) is 5.79 Å². The normalized spacial score (nSPS) is 11.8. The molecule has 0 saturated heterocycles. The third kappa shape index (κ3) is 6.26.